The molecule has 0 saturated carbocycles. The van der Waals surface area contributed by atoms with E-state index in [0.29, 0.717) is 5.75 Å². The molecule has 216 valence electrons. The van der Waals surface area contributed by atoms with Crippen LogP contribution in [0.1, 0.15) is 0 Å². The van der Waals surface area contributed by atoms with Crippen LogP contribution in [0.2, 0.25) is 0 Å². The lowest BCUT2D eigenvalue weighted by molar-refractivity contribution is 0.0503. The van der Waals surface area contributed by atoms with Crippen LogP contribution >= 0.6 is 0 Å². The van der Waals surface area contributed by atoms with Crippen LogP contribution < -0.4 is 9.47 Å². The molecular formula is C40H32O4. The number of ether oxygens (including phenoxy) is 4. The standard InChI is InChI=1S/C40H32O4/c1-41-25-43-37-18-10-9-17-35(37)36-24-30-14-6-8-16-33(30)39(40(36)44-26-42-2)38-32-15-7-5-12-28(32)21-22-34(38)31-20-19-27-11-3-4-13-29(27)23-31/h3-24H,25-26H2,1-2H3. The number of rotatable bonds is 9. The highest BCUT2D eigenvalue weighted by Gasteiger charge is 2.24. The molecule has 0 aliphatic carbocycles. The summed E-state index contributed by atoms with van der Waals surface area (Å²) in [5.74, 6) is 1.45. The van der Waals surface area contributed by atoms with Gasteiger partial charge in [-0.1, -0.05) is 115 Å². The van der Waals surface area contributed by atoms with Crippen molar-refractivity contribution >= 4 is 32.3 Å². The molecule has 0 atom stereocenters. The Bertz CT molecular complexity index is 2110. The lowest BCUT2D eigenvalue weighted by Gasteiger charge is -2.23. The summed E-state index contributed by atoms with van der Waals surface area (Å²) in [5, 5.41) is 6.90. The van der Waals surface area contributed by atoms with Gasteiger partial charge < -0.3 is 18.9 Å². The summed E-state index contributed by atoms with van der Waals surface area (Å²) in [6.45, 7) is 0.233. The van der Waals surface area contributed by atoms with E-state index in [1.807, 2.05) is 18.2 Å². The average Bonchev–Trinajstić information content (AvgIpc) is 3.08. The van der Waals surface area contributed by atoms with Gasteiger partial charge in [-0.3, -0.25) is 0 Å². The van der Waals surface area contributed by atoms with Crippen molar-refractivity contribution in [3.63, 3.8) is 0 Å². The van der Waals surface area contributed by atoms with E-state index in [1.54, 1.807) is 14.2 Å². The van der Waals surface area contributed by atoms with Crippen LogP contribution in [0.5, 0.6) is 11.5 Å². The molecule has 0 aliphatic heterocycles. The van der Waals surface area contributed by atoms with Gasteiger partial charge in [0.25, 0.3) is 0 Å². The topological polar surface area (TPSA) is 36.9 Å². The van der Waals surface area contributed by atoms with E-state index in [4.69, 9.17) is 18.9 Å². The van der Waals surface area contributed by atoms with Gasteiger partial charge in [-0.05, 0) is 61.6 Å². The molecule has 0 N–H and O–H groups in total. The summed E-state index contributed by atoms with van der Waals surface area (Å²) < 4.78 is 23.4. The summed E-state index contributed by atoms with van der Waals surface area (Å²) in [4.78, 5) is 0. The SMILES string of the molecule is COCOc1ccccc1-c1cc2ccccc2c(-c2c(-c3ccc4ccccc4c3)ccc3ccccc23)c1OCOC. The summed E-state index contributed by atoms with van der Waals surface area (Å²) in [5.41, 5.74) is 6.22. The molecule has 0 unspecified atom stereocenters. The third-order valence-corrected chi connectivity index (χ3v) is 8.07. The number of benzene rings is 7. The Kier molecular flexibility index (Phi) is 7.68. The highest BCUT2D eigenvalue weighted by molar-refractivity contribution is 6.15. The lowest BCUT2D eigenvalue weighted by atomic mass is 9.84. The Labute approximate surface area is 257 Å². The van der Waals surface area contributed by atoms with Crippen molar-refractivity contribution in [3.8, 4) is 44.9 Å². The zero-order valence-electron chi connectivity index (χ0n) is 24.7. The average molecular weight is 577 g/mol. The molecule has 0 bridgehead atoms. The highest BCUT2D eigenvalue weighted by Crippen LogP contribution is 2.51. The number of hydrogen-bond acceptors (Lipinski definition) is 4. The van der Waals surface area contributed by atoms with Crippen molar-refractivity contribution in [2.24, 2.45) is 0 Å². The lowest BCUT2D eigenvalue weighted by Crippen LogP contribution is -2.05. The molecule has 0 fully saturated rings. The zero-order chi connectivity index (χ0) is 29.9. The van der Waals surface area contributed by atoms with E-state index in [1.165, 1.54) is 10.8 Å². The summed E-state index contributed by atoms with van der Waals surface area (Å²) in [6, 6.07) is 46.8. The van der Waals surface area contributed by atoms with Crippen molar-refractivity contribution in [2.75, 3.05) is 27.8 Å². The first-order valence-electron chi connectivity index (χ1n) is 14.7. The Hall–Kier alpha value is -5.16. The van der Waals surface area contributed by atoms with Gasteiger partial charge in [0, 0.05) is 36.5 Å². The molecule has 44 heavy (non-hydrogen) atoms. The normalized spacial score (nSPS) is 11.3. The molecule has 0 heterocycles. The van der Waals surface area contributed by atoms with Crippen molar-refractivity contribution in [1.29, 1.82) is 0 Å². The molecule has 7 rings (SSSR count). The minimum absolute atomic E-state index is 0.0928. The summed E-state index contributed by atoms with van der Waals surface area (Å²) in [7, 11) is 3.27. The molecule has 0 aromatic heterocycles. The van der Waals surface area contributed by atoms with Crippen LogP contribution in [0.25, 0.3) is 65.7 Å². The second kappa shape index (κ2) is 12.2. The van der Waals surface area contributed by atoms with Gasteiger partial charge in [0.2, 0.25) is 0 Å². The van der Waals surface area contributed by atoms with Crippen LogP contribution in [0.15, 0.2) is 133 Å². The summed E-state index contributed by atoms with van der Waals surface area (Å²) >= 11 is 0. The zero-order valence-corrected chi connectivity index (χ0v) is 24.7. The fourth-order valence-corrected chi connectivity index (χ4v) is 6.12. The molecule has 4 heteroatoms. The fraction of sp³-hybridized carbons (Fsp3) is 0.100. The number of methoxy groups -OCH3 is 2. The predicted octanol–water partition coefficient (Wildman–Crippen LogP) is 10.1. The Morgan fingerprint density at radius 3 is 1.84 bits per heavy atom. The van der Waals surface area contributed by atoms with Crippen LogP contribution in [-0.4, -0.2) is 27.8 Å². The predicted molar refractivity (Wildman–Crippen MR) is 180 cm³/mol. The van der Waals surface area contributed by atoms with Crippen molar-refractivity contribution in [2.45, 2.75) is 0 Å². The molecule has 0 amide bonds. The van der Waals surface area contributed by atoms with E-state index in [2.05, 4.69) is 115 Å². The van der Waals surface area contributed by atoms with E-state index < -0.39 is 0 Å². The minimum Gasteiger partial charge on any atom is -0.467 e. The first-order chi connectivity index (χ1) is 21.8. The molecule has 7 aromatic carbocycles. The van der Waals surface area contributed by atoms with Gasteiger partial charge in [-0.15, -0.1) is 0 Å². The molecule has 7 aromatic rings. The van der Waals surface area contributed by atoms with Crippen LogP contribution in [0, 0.1) is 0 Å². The third-order valence-electron chi connectivity index (χ3n) is 8.07. The molecule has 0 radical (unpaired) electrons. The second-order valence-electron chi connectivity index (χ2n) is 10.7. The Balaban J connectivity index is 1.61. The molecule has 0 saturated heterocycles. The smallest absolute Gasteiger partial charge is 0.188 e. The van der Waals surface area contributed by atoms with E-state index >= 15 is 0 Å². The van der Waals surface area contributed by atoms with Crippen LogP contribution in [0.3, 0.4) is 0 Å². The highest BCUT2D eigenvalue weighted by atomic mass is 16.7. The maximum absolute atomic E-state index is 6.59. The van der Waals surface area contributed by atoms with E-state index in [-0.39, 0.29) is 13.6 Å². The van der Waals surface area contributed by atoms with E-state index in [0.717, 1.165) is 60.7 Å². The quantitative estimate of drug-likeness (QED) is 0.160. The van der Waals surface area contributed by atoms with Gasteiger partial charge in [-0.25, -0.2) is 0 Å². The third kappa shape index (κ3) is 5.05. The largest absolute Gasteiger partial charge is 0.467 e. The minimum atomic E-state index is 0.0928. The maximum atomic E-state index is 6.59. The van der Waals surface area contributed by atoms with Gasteiger partial charge in [0.1, 0.15) is 11.5 Å². The Morgan fingerprint density at radius 1 is 0.432 bits per heavy atom. The second-order valence-corrected chi connectivity index (χ2v) is 10.7. The monoisotopic (exact) mass is 576 g/mol. The first kappa shape index (κ1) is 27.7. The van der Waals surface area contributed by atoms with Crippen molar-refractivity contribution in [3.05, 3.63) is 133 Å². The van der Waals surface area contributed by atoms with Crippen molar-refractivity contribution in [1.82, 2.24) is 0 Å². The fourth-order valence-electron chi connectivity index (χ4n) is 6.12. The molecule has 4 nitrogen and oxygen atoms in total. The van der Waals surface area contributed by atoms with E-state index in [9.17, 15) is 0 Å². The van der Waals surface area contributed by atoms with Gasteiger partial charge in [-0.2, -0.15) is 0 Å². The number of hydrogen-bond donors (Lipinski definition) is 0. The van der Waals surface area contributed by atoms with Gasteiger partial charge in [0.05, 0.1) is 0 Å². The van der Waals surface area contributed by atoms with Crippen LogP contribution in [0.4, 0.5) is 0 Å². The molecule has 0 spiro atoms. The summed E-state index contributed by atoms with van der Waals surface area (Å²) in [6.07, 6.45) is 0. The number of fused-ring (bicyclic) bond motifs is 3. The molecular weight excluding hydrogens is 544 g/mol. The number of para-hydroxylation sites is 1. The molecule has 0 aliphatic rings. The van der Waals surface area contributed by atoms with Gasteiger partial charge in [0.15, 0.2) is 13.6 Å². The Morgan fingerprint density at radius 2 is 1.05 bits per heavy atom. The van der Waals surface area contributed by atoms with Crippen molar-refractivity contribution < 1.29 is 18.9 Å². The van der Waals surface area contributed by atoms with Gasteiger partial charge >= 0.3 is 0 Å². The van der Waals surface area contributed by atoms with Crippen LogP contribution in [-0.2, 0) is 9.47 Å². The first-order valence-corrected chi connectivity index (χ1v) is 14.7. The maximum Gasteiger partial charge on any atom is 0.188 e.